The minimum Gasteiger partial charge on any atom is -0.339 e. The number of benzene rings is 1. The van der Waals surface area contributed by atoms with Crippen molar-refractivity contribution in [3.63, 3.8) is 0 Å². The molecule has 7 nitrogen and oxygen atoms in total. The van der Waals surface area contributed by atoms with Crippen LogP contribution in [0.4, 0.5) is 11.6 Å². The zero-order chi connectivity index (χ0) is 17.1. The number of rotatable bonds is 4. The second kappa shape index (κ2) is 7.47. The fourth-order valence-corrected chi connectivity index (χ4v) is 3.53. The van der Waals surface area contributed by atoms with Crippen molar-refractivity contribution in [1.29, 1.82) is 0 Å². The molecule has 0 amide bonds. The Morgan fingerprint density at radius 3 is 2.46 bits per heavy atom. The number of halogens is 2. The molecular weight excluding hydrogens is 391 g/mol. The molecule has 2 unspecified atom stereocenters. The minimum absolute atomic E-state index is 0.0712. The molecule has 11 heteroatoms. The Labute approximate surface area is 156 Å². The van der Waals surface area contributed by atoms with E-state index in [-0.39, 0.29) is 22.3 Å². The summed E-state index contributed by atoms with van der Waals surface area (Å²) in [7, 11) is 0. The number of hydrogen-bond donors (Lipinski definition) is 1. The van der Waals surface area contributed by atoms with Crippen LogP contribution in [0.25, 0.3) is 0 Å². The number of azo groups is 1. The Morgan fingerprint density at radius 2 is 1.79 bits per heavy atom. The van der Waals surface area contributed by atoms with E-state index in [1.807, 2.05) is 18.2 Å². The van der Waals surface area contributed by atoms with Crippen LogP contribution in [0.1, 0.15) is 0 Å². The average molecular weight is 399 g/mol. The van der Waals surface area contributed by atoms with Crippen LogP contribution in [0.5, 0.6) is 0 Å². The van der Waals surface area contributed by atoms with Gasteiger partial charge in [-0.15, -0.1) is 0 Å². The molecule has 2 heterocycles. The van der Waals surface area contributed by atoms with Gasteiger partial charge in [-0.3, -0.25) is 4.79 Å². The zero-order valence-corrected chi connectivity index (χ0v) is 14.9. The fourth-order valence-electron chi connectivity index (χ4n) is 1.84. The monoisotopic (exact) mass is 398 g/mol. The minimum atomic E-state index is -0.778. The smallest absolute Gasteiger partial charge is 0.229 e. The van der Waals surface area contributed by atoms with Crippen molar-refractivity contribution in [3.8, 4) is 0 Å². The van der Waals surface area contributed by atoms with Gasteiger partial charge < -0.3 is 5.32 Å². The molecule has 0 bridgehead atoms. The maximum Gasteiger partial charge on any atom is 0.229 e. The molecular formula is C13H8Cl2N6OS2. The lowest BCUT2D eigenvalue weighted by Gasteiger charge is -2.10. The predicted octanol–water partition coefficient (Wildman–Crippen LogP) is 3.71. The molecule has 1 N–H and O–H groups in total. The van der Waals surface area contributed by atoms with Crippen molar-refractivity contribution < 1.29 is 4.79 Å². The molecule has 0 spiro atoms. The van der Waals surface area contributed by atoms with Crippen molar-refractivity contribution >= 4 is 68.8 Å². The summed E-state index contributed by atoms with van der Waals surface area (Å²) in [4.78, 5) is 23.8. The number of carbonyl (C=O) groups excluding carboxylic acids is 1. The lowest BCUT2D eigenvalue weighted by atomic mass is 10.2. The van der Waals surface area contributed by atoms with Crippen LogP contribution in [0.15, 0.2) is 40.6 Å². The molecule has 2 aromatic rings. The molecule has 122 valence electrons. The second-order valence-electron chi connectivity index (χ2n) is 4.52. The molecule has 0 saturated carbocycles. The highest BCUT2D eigenvalue weighted by atomic mass is 35.5. The number of Topliss-reactive ketones (excluding diaryl/α,β-unsaturated/α-hetero) is 1. The Balaban J connectivity index is 1.73. The number of hydrogen-bond acceptors (Lipinski definition) is 9. The topological polar surface area (TPSA) is 92.5 Å². The third-order valence-electron chi connectivity index (χ3n) is 2.88. The van der Waals surface area contributed by atoms with E-state index in [1.54, 1.807) is 12.1 Å². The van der Waals surface area contributed by atoms with E-state index in [4.69, 9.17) is 35.4 Å². The van der Waals surface area contributed by atoms with E-state index in [0.29, 0.717) is 9.88 Å². The number of nitrogens with one attached hydrogen (secondary N) is 1. The highest BCUT2D eigenvalue weighted by Gasteiger charge is 2.40. The number of thioether (sulfide) groups is 1. The van der Waals surface area contributed by atoms with Gasteiger partial charge in [0.1, 0.15) is 6.04 Å². The molecule has 1 aromatic heterocycles. The molecule has 0 aliphatic carbocycles. The van der Waals surface area contributed by atoms with E-state index in [0.717, 1.165) is 11.8 Å². The average Bonchev–Trinajstić information content (AvgIpc) is 2.81. The van der Waals surface area contributed by atoms with Crippen molar-refractivity contribution in [1.82, 2.24) is 15.0 Å². The van der Waals surface area contributed by atoms with Gasteiger partial charge in [-0.1, -0.05) is 42.2 Å². The maximum atomic E-state index is 12.4. The van der Waals surface area contributed by atoms with Gasteiger partial charge in [-0.05, 0) is 35.3 Å². The zero-order valence-electron chi connectivity index (χ0n) is 11.8. The second-order valence-corrected chi connectivity index (χ2v) is 7.01. The summed E-state index contributed by atoms with van der Waals surface area (Å²) in [5.41, 5.74) is 0.657. The summed E-state index contributed by atoms with van der Waals surface area (Å²) in [6, 6.07) is 8.34. The lowest BCUT2D eigenvalue weighted by Crippen LogP contribution is -2.33. The standard InChI is InChI=1S/C13H8Cl2N6OS2/c14-11-17-12(15)19-13(18-11)16-7-8(22)9(24-10(7)23)21-20-6-4-2-1-3-5-6/h1-5,7,9H,(H,16,17,18,19). The van der Waals surface area contributed by atoms with Gasteiger partial charge in [0.25, 0.3) is 0 Å². The van der Waals surface area contributed by atoms with Crippen molar-refractivity contribution in [2.75, 3.05) is 5.32 Å². The summed E-state index contributed by atoms with van der Waals surface area (Å²) >= 11 is 17.8. The van der Waals surface area contributed by atoms with Crippen molar-refractivity contribution in [2.45, 2.75) is 11.4 Å². The summed E-state index contributed by atoms with van der Waals surface area (Å²) in [5, 5.41) is 10.0. The Hall–Kier alpha value is -1.68. The van der Waals surface area contributed by atoms with Crippen LogP contribution in [-0.2, 0) is 4.79 Å². The number of nitrogens with zero attached hydrogens (tertiary/aromatic N) is 5. The number of anilines is 1. The summed E-state index contributed by atoms with van der Waals surface area (Å²) in [5.74, 6) is -0.167. The highest BCUT2D eigenvalue weighted by molar-refractivity contribution is 8.24. The van der Waals surface area contributed by atoms with Gasteiger partial charge in [-0.2, -0.15) is 25.2 Å². The van der Waals surface area contributed by atoms with E-state index in [2.05, 4.69) is 30.5 Å². The van der Waals surface area contributed by atoms with Crippen LogP contribution in [-0.4, -0.2) is 36.3 Å². The van der Waals surface area contributed by atoms with E-state index in [9.17, 15) is 4.79 Å². The third kappa shape index (κ3) is 4.04. The number of aromatic nitrogens is 3. The molecule has 1 aliphatic heterocycles. The van der Waals surface area contributed by atoms with Crippen LogP contribution in [0.3, 0.4) is 0 Å². The summed E-state index contributed by atoms with van der Waals surface area (Å²) < 4.78 is 0.421. The largest absolute Gasteiger partial charge is 0.339 e. The molecule has 1 fully saturated rings. The molecule has 3 rings (SSSR count). The lowest BCUT2D eigenvalue weighted by molar-refractivity contribution is -0.117. The Kier molecular flexibility index (Phi) is 5.34. The van der Waals surface area contributed by atoms with E-state index < -0.39 is 11.4 Å². The normalized spacial score (nSPS) is 20.8. The Morgan fingerprint density at radius 1 is 1.12 bits per heavy atom. The van der Waals surface area contributed by atoms with Crippen molar-refractivity contribution in [3.05, 3.63) is 40.9 Å². The summed E-state index contributed by atoms with van der Waals surface area (Å²) in [6.45, 7) is 0. The third-order valence-corrected chi connectivity index (χ3v) is 4.76. The first-order valence-electron chi connectivity index (χ1n) is 6.56. The van der Waals surface area contributed by atoms with Crippen molar-refractivity contribution in [2.24, 2.45) is 10.2 Å². The highest BCUT2D eigenvalue weighted by Crippen LogP contribution is 2.30. The first kappa shape index (κ1) is 17.2. The van der Waals surface area contributed by atoms with Gasteiger partial charge in [0, 0.05) is 0 Å². The number of thiocarbonyl (C=S) groups is 1. The molecule has 2 atom stereocenters. The SMILES string of the molecule is O=C1C(N=Nc2ccccc2)SC(=S)C1Nc1nc(Cl)nc(Cl)n1. The quantitative estimate of drug-likeness (QED) is 0.619. The number of ketones is 1. The molecule has 1 aromatic carbocycles. The van der Waals surface area contributed by atoms with Crippen LogP contribution >= 0.6 is 47.2 Å². The van der Waals surface area contributed by atoms with Gasteiger partial charge in [-0.25, -0.2) is 0 Å². The maximum absolute atomic E-state index is 12.4. The van der Waals surface area contributed by atoms with Gasteiger partial charge in [0.15, 0.2) is 11.2 Å². The molecule has 24 heavy (non-hydrogen) atoms. The van der Waals surface area contributed by atoms with Crippen LogP contribution < -0.4 is 5.32 Å². The summed E-state index contributed by atoms with van der Waals surface area (Å²) in [6.07, 6.45) is 0. The Bertz CT molecular complexity index is 799. The molecule has 0 radical (unpaired) electrons. The predicted molar refractivity (Wildman–Crippen MR) is 97.2 cm³/mol. The van der Waals surface area contributed by atoms with Gasteiger partial charge in [0.2, 0.25) is 16.5 Å². The fraction of sp³-hybridized carbons (Fsp3) is 0.154. The van der Waals surface area contributed by atoms with Crippen LogP contribution in [0.2, 0.25) is 10.6 Å². The van der Waals surface area contributed by atoms with E-state index >= 15 is 0 Å². The number of carbonyl (C=O) groups is 1. The van der Waals surface area contributed by atoms with Gasteiger partial charge >= 0.3 is 0 Å². The first-order valence-corrected chi connectivity index (χ1v) is 8.61. The van der Waals surface area contributed by atoms with Gasteiger partial charge in [0.05, 0.1) is 9.88 Å². The van der Waals surface area contributed by atoms with E-state index in [1.165, 1.54) is 0 Å². The van der Waals surface area contributed by atoms with Crippen LogP contribution in [0, 0.1) is 0 Å². The first-order chi connectivity index (χ1) is 11.5. The molecule has 1 aliphatic rings. The molecule has 1 saturated heterocycles.